The van der Waals surface area contributed by atoms with Crippen molar-refractivity contribution in [2.24, 2.45) is 23.7 Å². The predicted molar refractivity (Wildman–Crippen MR) is 121 cm³/mol. The summed E-state index contributed by atoms with van der Waals surface area (Å²) in [5.41, 5.74) is 0.741. The number of carbonyl (C=O) groups is 3. The highest BCUT2D eigenvalue weighted by Gasteiger charge is 2.66. The first-order valence-electron chi connectivity index (χ1n) is 10.5. The number of methoxy groups -OCH3 is 1. The van der Waals surface area contributed by atoms with Crippen molar-refractivity contribution in [2.75, 3.05) is 19.0 Å². The van der Waals surface area contributed by atoms with Crippen molar-refractivity contribution < 1.29 is 19.1 Å². The molecule has 1 aromatic rings. The Hall–Kier alpha value is -1.41. The minimum atomic E-state index is -0.143. The topological polar surface area (TPSA) is 75.7 Å². The molecule has 3 amide bonds. The molecule has 3 aliphatic rings. The highest BCUT2D eigenvalue weighted by Crippen LogP contribution is 2.60. The lowest BCUT2D eigenvalue weighted by Gasteiger charge is -2.28. The van der Waals surface area contributed by atoms with Crippen LogP contribution in [0, 0.1) is 23.7 Å². The van der Waals surface area contributed by atoms with Crippen LogP contribution in [0.15, 0.2) is 24.3 Å². The fourth-order valence-corrected chi connectivity index (χ4v) is 7.13. The molecule has 8 heteroatoms. The molecule has 2 bridgehead atoms. The Kier molecular flexibility index (Phi) is 6.53. The molecule has 0 radical (unpaired) electrons. The van der Waals surface area contributed by atoms with Gasteiger partial charge in [-0.15, -0.1) is 0 Å². The summed E-state index contributed by atoms with van der Waals surface area (Å²) < 4.78 is 5.10. The molecule has 1 aliphatic heterocycles. The van der Waals surface area contributed by atoms with Gasteiger partial charge in [-0.2, -0.15) is 0 Å². The summed E-state index contributed by atoms with van der Waals surface area (Å²) in [6.07, 6.45) is 3.63. The fraction of sp³-hybridized carbons (Fsp3) is 0.591. The van der Waals surface area contributed by atoms with Crippen LogP contribution in [0.4, 0.5) is 5.69 Å². The third-order valence-electron chi connectivity index (χ3n) is 6.74. The van der Waals surface area contributed by atoms with Gasteiger partial charge in [0.1, 0.15) is 5.75 Å². The maximum Gasteiger partial charge on any atom is 0.233 e. The number of imide groups is 1. The number of rotatable bonds is 8. The predicted octanol–water partition coefficient (Wildman–Crippen LogP) is 3.97. The molecule has 30 heavy (non-hydrogen) atoms. The van der Waals surface area contributed by atoms with E-state index in [1.165, 1.54) is 4.90 Å². The first-order valence-corrected chi connectivity index (χ1v) is 12.3. The quantitative estimate of drug-likeness (QED) is 0.307. The molecule has 2 aliphatic carbocycles. The zero-order valence-electron chi connectivity index (χ0n) is 16.9. The molecule has 0 aromatic heterocycles. The molecule has 0 unspecified atom stereocenters. The summed E-state index contributed by atoms with van der Waals surface area (Å²) in [6.45, 7) is 0.462. The van der Waals surface area contributed by atoms with E-state index in [4.69, 9.17) is 4.74 Å². The van der Waals surface area contributed by atoms with Gasteiger partial charge in [-0.3, -0.25) is 19.3 Å². The number of halogens is 2. The normalized spacial score (nSPS) is 31.9. The Bertz CT molecular complexity index is 799. The summed E-state index contributed by atoms with van der Waals surface area (Å²) >= 11 is 7.42. The van der Waals surface area contributed by atoms with Gasteiger partial charge in [0.2, 0.25) is 17.7 Å². The zero-order valence-corrected chi connectivity index (χ0v) is 20.0. The smallest absolute Gasteiger partial charge is 0.233 e. The number of unbranched alkanes of at least 4 members (excludes halogenated alkanes) is 2. The maximum absolute atomic E-state index is 12.9. The number of likely N-dealkylation sites (tertiary alicyclic amines) is 1. The van der Waals surface area contributed by atoms with Crippen molar-refractivity contribution in [1.29, 1.82) is 0 Å². The van der Waals surface area contributed by atoms with Gasteiger partial charge in [0.05, 0.1) is 18.9 Å². The SMILES string of the molecule is COc1ccc(NC(=O)CCCCCN2C(=O)[C@H]3[C@@H]4C[C@@H]([C@@H](Br)[C@@H]4Br)[C@@H]3C2=O)cc1. The number of anilines is 1. The van der Waals surface area contributed by atoms with Gasteiger partial charge in [0, 0.05) is 28.3 Å². The van der Waals surface area contributed by atoms with Gasteiger partial charge >= 0.3 is 0 Å². The minimum Gasteiger partial charge on any atom is -0.497 e. The number of benzene rings is 1. The molecule has 1 N–H and O–H groups in total. The molecule has 1 heterocycles. The van der Waals surface area contributed by atoms with Gasteiger partial charge in [-0.1, -0.05) is 38.3 Å². The Labute approximate surface area is 193 Å². The van der Waals surface area contributed by atoms with Gasteiger partial charge in [-0.25, -0.2) is 0 Å². The highest BCUT2D eigenvalue weighted by atomic mass is 79.9. The van der Waals surface area contributed by atoms with Gasteiger partial charge in [0.15, 0.2) is 0 Å². The molecular weight excluding hydrogens is 516 g/mol. The molecule has 4 rings (SSSR count). The number of fused-ring (bicyclic) bond motifs is 5. The van der Waals surface area contributed by atoms with Crippen LogP contribution in [-0.2, 0) is 14.4 Å². The van der Waals surface area contributed by atoms with Gasteiger partial charge in [0.25, 0.3) is 0 Å². The lowest BCUT2D eigenvalue weighted by molar-refractivity contribution is -0.140. The van der Waals surface area contributed by atoms with E-state index in [9.17, 15) is 14.4 Å². The van der Waals surface area contributed by atoms with Crippen LogP contribution in [-0.4, -0.2) is 45.9 Å². The van der Waals surface area contributed by atoms with E-state index in [1.807, 2.05) is 0 Å². The average molecular weight is 542 g/mol. The first-order chi connectivity index (χ1) is 14.4. The van der Waals surface area contributed by atoms with E-state index in [2.05, 4.69) is 37.2 Å². The van der Waals surface area contributed by atoms with Crippen LogP contribution in [0.2, 0.25) is 0 Å². The molecule has 3 fully saturated rings. The van der Waals surface area contributed by atoms with E-state index in [1.54, 1.807) is 31.4 Å². The third kappa shape index (κ3) is 3.93. The number of amides is 3. The number of nitrogens with one attached hydrogen (secondary N) is 1. The van der Waals surface area contributed by atoms with Crippen molar-refractivity contribution in [3.63, 3.8) is 0 Å². The van der Waals surface area contributed by atoms with Gasteiger partial charge in [-0.05, 0) is 55.4 Å². The van der Waals surface area contributed by atoms with Crippen LogP contribution in [0.1, 0.15) is 32.1 Å². The van der Waals surface area contributed by atoms with Gasteiger partial charge < -0.3 is 10.1 Å². The Balaban J connectivity index is 1.19. The highest BCUT2D eigenvalue weighted by molar-refractivity contribution is 9.12. The standard InChI is InChI=1S/C22H26Br2N2O4/c1-30-13-8-6-12(7-9-13)25-16(27)5-3-2-4-10-26-21(28)17-14-11-15(18(17)22(26)29)20(24)19(14)23/h6-9,14-15,17-20H,2-5,10-11H2,1H3,(H,25,27)/t14-,15+,17-,18-,19+,20+/m0/s1. The maximum atomic E-state index is 12.9. The number of carbonyl (C=O) groups excluding carboxylic acids is 3. The monoisotopic (exact) mass is 540 g/mol. The average Bonchev–Trinajstić information content (AvgIpc) is 3.34. The van der Waals surface area contributed by atoms with Crippen LogP contribution < -0.4 is 10.1 Å². The first kappa shape index (κ1) is 21.8. The number of nitrogens with zero attached hydrogens (tertiary/aromatic N) is 1. The second-order valence-electron chi connectivity index (χ2n) is 8.42. The molecular formula is C22H26Br2N2O4. The van der Waals surface area contributed by atoms with E-state index >= 15 is 0 Å². The molecule has 1 saturated heterocycles. The largest absolute Gasteiger partial charge is 0.497 e. The Morgan fingerprint density at radius 1 is 1.03 bits per heavy atom. The minimum absolute atomic E-state index is 0.0126. The molecule has 6 atom stereocenters. The van der Waals surface area contributed by atoms with E-state index < -0.39 is 0 Å². The molecule has 6 nitrogen and oxygen atoms in total. The summed E-state index contributed by atoms with van der Waals surface area (Å²) in [4.78, 5) is 39.8. The number of ether oxygens (including phenoxy) is 1. The molecule has 1 aromatic carbocycles. The number of alkyl halides is 2. The summed E-state index contributed by atoms with van der Waals surface area (Å²) in [6, 6.07) is 7.22. The van der Waals surface area contributed by atoms with Crippen molar-refractivity contribution >= 4 is 55.3 Å². The van der Waals surface area contributed by atoms with Crippen molar-refractivity contribution in [1.82, 2.24) is 4.90 Å². The second-order valence-corrected chi connectivity index (χ2v) is 10.5. The fourth-order valence-electron chi connectivity index (χ4n) is 5.26. The van der Waals surface area contributed by atoms with Crippen LogP contribution >= 0.6 is 31.9 Å². The lowest BCUT2D eigenvalue weighted by atomic mass is 9.81. The molecule has 162 valence electrons. The van der Waals surface area contributed by atoms with Crippen LogP contribution in [0.25, 0.3) is 0 Å². The van der Waals surface area contributed by atoms with Crippen molar-refractivity contribution in [3.8, 4) is 5.75 Å². The number of hydrogen-bond acceptors (Lipinski definition) is 4. The Morgan fingerprint density at radius 3 is 2.20 bits per heavy atom. The van der Waals surface area contributed by atoms with E-state index in [0.717, 1.165) is 37.1 Å². The zero-order chi connectivity index (χ0) is 21.4. The third-order valence-corrected chi connectivity index (χ3v) is 9.94. The molecule has 2 saturated carbocycles. The van der Waals surface area contributed by atoms with Crippen LogP contribution in [0.5, 0.6) is 5.75 Å². The summed E-state index contributed by atoms with van der Waals surface area (Å²) in [5, 5.41) is 2.87. The van der Waals surface area contributed by atoms with Crippen molar-refractivity contribution in [3.05, 3.63) is 24.3 Å². The number of hydrogen-bond donors (Lipinski definition) is 1. The Morgan fingerprint density at radius 2 is 1.63 bits per heavy atom. The second kappa shape index (κ2) is 8.99. The van der Waals surface area contributed by atoms with Crippen molar-refractivity contribution in [2.45, 2.75) is 41.8 Å². The van der Waals surface area contributed by atoms with E-state index in [0.29, 0.717) is 13.0 Å². The lowest BCUT2D eigenvalue weighted by Crippen LogP contribution is -2.37. The van der Waals surface area contributed by atoms with E-state index in [-0.39, 0.29) is 51.0 Å². The summed E-state index contributed by atoms with van der Waals surface area (Å²) in [5.74, 6) is 0.963. The molecule has 0 spiro atoms. The van der Waals surface area contributed by atoms with Crippen LogP contribution in [0.3, 0.4) is 0 Å². The summed E-state index contributed by atoms with van der Waals surface area (Å²) in [7, 11) is 1.60.